The van der Waals surface area contributed by atoms with Crippen LogP contribution in [0, 0.1) is 5.92 Å². The fourth-order valence-electron chi connectivity index (χ4n) is 2.88. The summed E-state index contributed by atoms with van der Waals surface area (Å²) in [6, 6.07) is 8.60. The molecule has 1 N–H and O–H groups in total. The van der Waals surface area contributed by atoms with Gasteiger partial charge in [-0.2, -0.15) is 0 Å². The number of nitrogens with zero attached hydrogens (tertiary/aromatic N) is 2. The Morgan fingerprint density at radius 2 is 1.92 bits per heavy atom. The number of aliphatic imine (C=N–C) groups is 1. The molecule has 1 heterocycles. The zero-order valence-electron chi connectivity index (χ0n) is 14.7. The van der Waals surface area contributed by atoms with Gasteiger partial charge in [0.2, 0.25) is 0 Å². The Labute approximate surface area is 162 Å². The Hall–Kier alpha value is -0.830. The minimum Gasteiger partial charge on any atom is -0.356 e. The number of guanidine groups is 1. The first-order valence-corrected chi connectivity index (χ1v) is 9.95. The maximum absolute atomic E-state index is 11.5. The van der Waals surface area contributed by atoms with Gasteiger partial charge in [0.1, 0.15) is 0 Å². The van der Waals surface area contributed by atoms with Crippen LogP contribution in [0.2, 0.25) is 0 Å². The van der Waals surface area contributed by atoms with Crippen molar-refractivity contribution in [2.45, 2.75) is 26.3 Å². The lowest BCUT2D eigenvalue weighted by Gasteiger charge is -2.23. The molecule has 1 unspecified atom stereocenters. The summed E-state index contributed by atoms with van der Waals surface area (Å²) in [5, 5.41) is 3.30. The van der Waals surface area contributed by atoms with E-state index < -0.39 is 9.84 Å². The first-order chi connectivity index (χ1) is 10.9. The molecule has 0 saturated carbocycles. The van der Waals surface area contributed by atoms with E-state index in [4.69, 9.17) is 0 Å². The van der Waals surface area contributed by atoms with Crippen molar-refractivity contribution in [3.8, 4) is 0 Å². The van der Waals surface area contributed by atoms with E-state index in [0.29, 0.717) is 18.1 Å². The van der Waals surface area contributed by atoms with E-state index in [9.17, 15) is 8.42 Å². The molecule has 136 valence electrons. The second-order valence-electron chi connectivity index (χ2n) is 6.22. The first kappa shape index (κ1) is 21.2. The minimum atomic E-state index is -2.82. The summed E-state index contributed by atoms with van der Waals surface area (Å²) in [5.74, 6) is 1.60. The summed E-state index contributed by atoms with van der Waals surface area (Å²) < 4.78 is 23.0. The molecule has 7 heteroatoms. The number of rotatable bonds is 5. The van der Waals surface area contributed by atoms with E-state index >= 15 is 0 Å². The molecule has 1 aliphatic heterocycles. The fourth-order valence-corrected chi connectivity index (χ4v) is 4.74. The Morgan fingerprint density at radius 3 is 2.42 bits per heavy atom. The quantitative estimate of drug-likeness (QED) is 0.412. The van der Waals surface area contributed by atoms with Crippen molar-refractivity contribution in [1.82, 2.24) is 10.2 Å². The maximum atomic E-state index is 11.5. The molecule has 1 fully saturated rings. The Balaban J connectivity index is 0.00000288. The molecular formula is C17H28IN3O2S. The molecule has 5 nitrogen and oxygen atoms in total. The number of benzene rings is 1. The molecule has 0 spiro atoms. The van der Waals surface area contributed by atoms with Crippen LogP contribution < -0.4 is 5.32 Å². The number of hydrogen-bond acceptors (Lipinski definition) is 3. The predicted molar refractivity (Wildman–Crippen MR) is 111 cm³/mol. The van der Waals surface area contributed by atoms with Crippen LogP contribution >= 0.6 is 24.0 Å². The van der Waals surface area contributed by atoms with Crippen LogP contribution in [0.25, 0.3) is 0 Å². The summed E-state index contributed by atoms with van der Waals surface area (Å²) >= 11 is 0. The highest BCUT2D eigenvalue weighted by atomic mass is 127. The smallest absolute Gasteiger partial charge is 0.193 e. The van der Waals surface area contributed by atoms with Gasteiger partial charge in [0.25, 0.3) is 0 Å². The van der Waals surface area contributed by atoms with Crippen LogP contribution in [-0.2, 0) is 22.8 Å². The van der Waals surface area contributed by atoms with Gasteiger partial charge in [-0.15, -0.1) is 24.0 Å². The highest BCUT2D eigenvalue weighted by Crippen LogP contribution is 2.17. The molecular weight excluding hydrogens is 437 g/mol. The molecule has 1 aliphatic rings. The monoisotopic (exact) mass is 465 g/mol. The topological polar surface area (TPSA) is 61.8 Å². The molecule has 0 bridgehead atoms. The lowest BCUT2D eigenvalue weighted by molar-refractivity contribution is 0.463. The minimum absolute atomic E-state index is 0. The van der Waals surface area contributed by atoms with Crippen molar-refractivity contribution < 1.29 is 8.42 Å². The summed E-state index contributed by atoms with van der Waals surface area (Å²) in [6.45, 7) is 3.58. The SMILES string of the molecule is CCc1ccc(CN(C)C(=NC)NCC2CCS(=O)(=O)C2)cc1.I. The maximum Gasteiger partial charge on any atom is 0.193 e. The zero-order chi connectivity index (χ0) is 16.9. The van der Waals surface area contributed by atoms with E-state index in [1.54, 1.807) is 7.05 Å². The number of nitrogens with one attached hydrogen (secondary N) is 1. The average molecular weight is 465 g/mol. The molecule has 1 aromatic carbocycles. The van der Waals surface area contributed by atoms with Gasteiger partial charge in [0.15, 0.2) is 15.8 Å². The second-order valence-corrected chi connectivity index (χ2v) is 8.45. The molecule has 0 aliphatic carbocycles. The fraction of sp³-hybridized carbons (Fsp3) is 0.588. The molecule has 2 rings (SSSR count). The van der Waals surface area contributed by atoms with Gasteiger partial charge < -0.3 is 10.2 Å². The predicted octanol–water partition coefficient (Wildman–Crippen LogP) is 2.31. The van der Waals surface area contributed by atoms with Crippen LogP contribution in [0.15, 0.2) is 29.3 Å². The highest BCUT2D eigenvalue weighted by molar-refractivity contribution is 14.0. The van der Waals surface area contributed by atoms with E-state index in [1.165, 1.54) is 11.1 Å². The van der Waals surface area contributed by atoms with E-state index in [-0.39, 0.29) is 29.9 Å². The van der Waals surface area contributed by atoms with Crippen LogP contribution in [0.1, 0.15) is 24.5 Å². The largest absolute Gasteiger partial charge is 0.356 e. The van der Waals surface area contributed by atoms with Crippen molar-refractivity contribution in [3.63, 3.8) is 0 Å². The number of aryl methyl sites for hydroxylation is 1. The van der Waals surface area contributed by atoms with Crippen LogP contribution in [-0.4, -0.2) is 51.4 Å². The molecule has 1 saturated heterocycles. The van der Waals surface area contributed by atoms with Crippen LogP contribution in [0.5, 0.6) is 0 Å². The highest BCUT2D eigenvalue weighted by Gasteiger charge is 2.27. The van der Waals surface area contributed by atoms with Gasteiger partial charge >= 0.3 is 0 Å². The van der Waals surface area contributed by atoms with Crippen molar-refractivity contribution in [3.05, 3.63) is 35.4 Å². The first-order valence-electron chi connectivity index (χ1n) is 8.13. The van der Waals surface area contributed by atoms with E-state index in [1.807, 2.05) is 7.05 Å². The summed E-state index contributed by atoms with van der Waals surface area (Å²) in [6.07, 6.45) is 1.79. The van der Waals surface area contributed by atoms with Crippen molar-refractivity contribution >= 4 is 39.8 Å². The molecule has 0 amide bonds. The van der Waals surface area contributed by atoms with E-state index in [2.05, 4.69) is 46.4 Å². The Morgan fingerprint density at radius 1 is 1.29 bits per heavy atom. The standard InChI is InChI=1S/C17H27N3O2S.HI/c1-4-14-5-7-15(8-6-14)12-20(3)17(18-2)19-11-16-9-10-23(21,22)13-16;/h5-8,16H,4,9-13H2,1-3H3,(H,18,19);1H. The third-order valence-electron chi connectivity index (χ3n) is 4.30. The van der Waals surface area contributed by atoms with Crippen molar-refractivity contribution in [2.75, 3.05) is 32.1 Å². The second kappa shape index (κ2) is 9.60. The summed E-state index contributed by atoms with van der Waals surface area (Å²) in [4.78, 5) is 6.36. The molecule has 24 heavy (non-hydrogen) atoms. The lowest BCUT2D eigenvalue weighted by atomic mass is 10.1. The third kappa shape index (κ3) is 6.23. The average Bonchev–Trinajstić information content (AvgIpc) is 2.88. The van der Waals surface area contributed by atoms with Gasteiger partial charge in [0.05, 0.1) is 11.5 Å². The van der Waals surface area contributed by atoms with Gasteiger partial charge in [-0.3, -0.25) is 4.99 Å². The van der Waals surface area contributed by atoms with Crippen molar-refractivity contribution in [2.24, 2.45) is 10.9 Å². The van der Waals surface area contributed by atoms with Gasteiger partial charge in [-0.1, -0.05) is 31.2 Å². The summed E-state index contributed by atoms with van der Waals surface area (Å²) in [7, 11) is 0.930. The lowest BCUT2D eigenvalue weighted by Crippen LogP contribution is -2.40. The Kier molecular flexibility index (Phi) is 8.49. The Bertz CT molecular complexity index is 644. The van der Waals surface area contributed by atoms with Crippen LogP contribution in [0.3, 0.4) is 0 Å². The van der Waals surface area contributed by atoms with Crippen LogP contribution in [0.4, 0.5) is 0 Å². The molecule has 0 aromatic heterocycles. The summed E-state index contributed by atoms with van der Waals surface area (Å²) in [5.41, 5.74) is 2.57. The number of halogens is 1. The van der Waals surface area contributed by atoms with Gasteiger partial charge in [-0.05, 0) is 29.9 Å². The molecule has 1 aromatic rings. The number of sulfone groups is 1. The zero-order valence-corrected chi connectivity index (χ0v) is 17.8. The third-order valence-corrected chi connectivity index (χ3v) is 6.14. The molecule has 1 atom stereocenters. The normalized spacial score (nSPS) is 19.6. The molecule has 0 radical (unpaired) electrons. The van der Waals surface area contributed by atoms with Crippen molar-refractivity contribution in [1.29, 1.82) is 0 Å². The van der Waals surface area contributed by atoms with Gasteiger partial charge in [0, 0.05) is 27.2 Å². The van der Waals surface area contributed by atoms with E-state index in [0.717, 1.165) is 25.3 Å². The van der Waals surface area contributed by atoms with Gasteiger partial charge in [-0.25, -0.2) is 8.42 Å². The number of hydrogen-bond donors (Lipinski definition) is 1.